The Morgan fingerprint density at radius 2 is 1.29 bits per heavy atom. The Balaban J connectivity index is 0.00000352. The Morgan fingerprint density at radius 1 is 0.816 bits per heavy atom. The lowest BCUT2D eigenvalue weighted by atomic mass is 9.90. The number of carbonyl (C=O) groups excluding carboxylic acids is 2. The number of halogens is 2. The summed E-state index contributed by atoms with van der Waals surface area (Å²) in [5, 5.41) is 47.0. The van der Waals surface area contributed by atoms with E-state index in [0.717, 1.165) is 0 Å². The number of rotatable bonds is 11. The van der Waals surface area contributed by atoms with Crippen LogP contribution in [0.1, 0.15) is 6.92 Å². The maximum atomic E-state index is 11.8. The highest BCUT2D eigenvalue weighted by Gasteiger charge is 2.50. The summed E-state index contributed by atoms with van der Waals surface area (Å²) >= 11 is 12.2. The zero-order valence-electron chi connectivity index (χ0n) is 20.7. The molecule has 2 rings (SSSR count). The van der Waals surface area contributed by atoms with Crippen LogP contribution in [-0.2, 0) is 28.4 Å². The van der Waals surface area contributed by atoms with Crippen LogP contribution < -0.4 is 10.6 Å². The summed E-state index contributed by atoms with van der Waals surface area (Å²) < 4.78 is 32.3. The van der Waals surface area contributed by atoms with Crippen molar-refractivity contribution in [3.05, 3.63) is 0 Å². The third-order valence-electron chi connectivity index (χ3n) is 5.75. The van der Waals surface area contributed by atoms with Gasteiger partial charge in [-0.15, -0.1) is 0 Å². The van der Waals surface area contributed by atoms with Gasteiger partial charge in [-0.3, -0.25) is 0 Å². The number of aliphatic hydroxyl groups is 4. The van der Waals surface area contributed by atoms with Crippen LogP contribution in [0.2, 0.25) is 0 Å². The van der Waals surface area contributed by atoms with Gasteiger partial charge in [0.2, 0.25) is 0 Å². The van der Waals surface area contributed by atoms with Gasteiger partial charge in [0, 0.05) is 74.9 Å². The molecule has 0 aliphatic carbocycles. The summed E-state index contributed by atoms with van der Waals surface area (Å²) in [4.78, 5) is 23.6. The van der Waals surface area contributed by atoms with E-state index in [1.54, 1.807) is 6.92 Å². The fourth-order valence-electron chi connectivity index (χ4n) is 3.66. The van der Waals surface area contributed by atoms with Crippen molar-refractivity contribution in [3.8, 4) is 0 Å². The number of thiol groups is 2. The highest BCUT2D eigenvalue weighted by Crippen LogP contribution is 2.31. The van der Waals surface area contributed by atoms with Gasteiger partial charge < -0.3 is 59.5 Å². The molecule has 10 unspecified atom stereocenters. The summed E-state index contributed by atoms with van der Waals surface area (Å²) in [6.07, 6.45) is -13.7. The molecule has 18 heteroatoms. The van der Waals surface area contributed by atoms with Gasteiger partial charge in [0.25, 0.3) is 0 Å². The zero-order chi connectivity index (χ0) is 28.8. The van der Waals surface area contributed by atoms with Crippen molar-refractivity contribution < 1.29 is 58.4 Å². The van der Waals surface area contributed by atoms with E-state index in [1.807, 2.05) is 0 Å². The molecule has 0 saturated carbocycles. The molecular formula is C20H36I2N2O12S2. The first-order valence-electron chi connectivity index (χ1n) is 11.5. The second-order valence-electron chi connectivity index (χ2n) is 8.24. The van der Waals surface area contributed by atoms with Crippen LogP contribution in [0.5, 0.6) is 0 Å². The Bertz CT molecular complexity index is 706. The molecule has 0 aromatic heterocycles. The van der Waals surface area contributed by atoms with Gasteiger partial charge in [0.1, 0.15) is 49.8 Å². The molecule has 2 heterocycles. The lowest BCUT2D eigenvalue weighted by Gasteiger charge is -2.46. The number of aliphatic hydroxyl groups excluding tert-OH is 4. The number of amides is 2. The summed E-state index contributed by atoms with van der Waals surface area (Å²) in [7, 11) is 1.25. The first-order chi connectivity index (χ1) is 18.1. The average molecular weight is 814 g/mol. The first kappa shape index (κ1) is 36.4. The standard InChI is InChI=1S/C20H36N2O12S2.I2/c1-9-10(7-30-19(27)21-3-5-35)32-18(14(25)12(9)23)34-16-11(8-31-20(28)22-4-6-36)33-17(29-2)15(26)13(16)24;1-2/h9-18,23-26,35-36H,3-8H2,1-2H3,(H,21,27)(H,22,28);. The largest absolute Gasteiger partial charge is 0.447 e. The van der Waals surface area contributed by atoms with Crippen molar-refractivity contribution in [1.82, 2.24) is 10.6 Å². The molecule has 0 aromatic carbocycles. The fourth-order valence-corrected chi connectivity index (χ4v) is 3.89. The molecular weight excluding hydrogens is 778 g/mol. The molecule has 2 aliphatic rings. The summed E-state index contributed by atoms with van der Waals surface area (Å²) in [6, 6.07) is 0. The van der Waals surface area contributed by atoms with Crippen LogP contribution in [0, 0.1) is 5.92 Å². The van der Waals surface area contributed by atoms with Crippen molar-refractivity contribution in [3.63, 3.8) is 0 Å². The van der Waals surface area contributed by atoms with Gasteiger partial charge in [-0.25, -0.2) is 9.59 Å². The van der Waals surface area contributed by atoms with Gasteiger partial charge in [-0.05, 0) is 0 Å². The van der Waals surface area contributed by atoms with Crippen molar-refractivity contribution in [2.24, 2.45) is 5.92 Å². The molecule has 10 atom stereocenters. The van der Waals surface area contributed by atoms with Gasteiger partial charge in [0.15, 0.2) is 12.6 Å². The van der Waals surface area contributed by atoms with E-state index in [2.05, 4.69) is 73.1 Å². The normalized spacial score (nSPS) is 34.9. The molecule has 0 spiro atoms. The number of ether oxygens (including phenoxy) is 6. The van der Waals surface area contributed by atoms with Crippen LogP contribution in [-0.4, -0.2) is 133 Å². The van der Waals surface area contributed by atoms with Crippen molar-refractivity contribution >= 4 is 74.7 Å². The van der Waals surface area contributed by atoms with Crippen LogP contribution in [0.3, 0.4) is 0 Å². The Labute approximate surface area is 255 Å². The molecule has 224 valence electrons. The lowest BCUT2D eigenvalue weighted by Crippen LogP contribution is -2.63. The number of carbonyl (C=O) groups is 2. The van der Waals surface area contributed by atoms with E-state index in [4.69, 9.17) is 28.4 Å². The highest BCUT2D eigenvalue weighted by atomic mass is 128. The Hall–Kier alpha value is 0.380. The minimum Gasteiger partial charge on any atom is -0.447 e. The van der Waals surface area contributed by atoms with E-state index in [1.165, 1.54) is 7.11 Å². The molecule has 2 fully saturated rings. The molecule has 2 saturated heterocycles. The number of nitrogens with one attached hydrogen (secondary N) is 2. The molecule has 6 N–H and O–H groups in total. The third kappa shape index (κ3) is 11.0. The van der Waals surface area contributed by atoms with E-state index in [-0.39, 0.29) is 19.7 Å². The predicted octanol–water partition coefficient (Wildman–Crippen LogP) is -0.369. The van der Waals surface area contributed by atoms with Crippen LogP contribution >= 0.6 is 62.5 Å². The molecule has 0 bridgehead atoms. The fraction of sp³-hybridized carbons (Fsp3) is 0.900. The Kier molecular flexibility index (Phi) is 18.7. The quantitative estimate of drug-likeness (QED) is 0.0999. The average Bonchev–Trinajstić information content (AvgIpc) is 2.93. The first-order valence-corrected chi connectivity index (χ1v) is 19.1. The third-order valence-corrected chi connectivity index (χ3v) is 6.19. The Morgan fingerprint density at radius 3 is 1.79 bits per heavy atom. The van der Waals surface area contributed by atoms with E-state index < -0.39 is 80.0 Å². The summed E-state index contributed by atoms with van der Waals surface area (Å²) in [6.45, 7) is 1.46. The minimum absolute atomic E-state index is 0.254. The number of alkyl carbamates (subject to hydrolysis) is 2. The number of hydrogen-bond donors (Lipinski definition) is 8. The van der Waals surface area contributed by atoms with E-state index in [9.17, 15) is 30.0 Å². The smallest absolute Gasteiger partial charge is 0.407 e. The lowest BCUT2D eigenvalue weighted by molar-refractivity contribution is -0.352. The topological polar surface area (TPSA) is 194 Å². The number of methoxy groups -OCH3 is 1. The van der Waals surface area contributed by atoms with Crippen molar-refractivity contribution in [2.75, 3.05) is 44.9 Å². The summed E-state index contributed by atoms with van der Waals surface area (Å²) in [5.41, 5.74) is 0. The minimum atomic E-state index is -1.60. The molecule has 0 aromatic rings. The maximum absolute atomic E-state index is 11.8. The number of hydrogen-bond acceptors (Lipinski definition) is 14. The molecule has 2 aliphatic heterocycles. The van der Waals surface area contributed by atoms with Gasteiger partial charge in [0.05, 0.1) is 6.10 Å². The zero-order valence-corrected chi connectivity index (χ0v) is 26.8. The van der Waals surface area contributed by atoms with E-state index in [0.29, 0.717) is 11.5 Å². The van der Waals surface area contributed by atoms with E-state index >= 15 is 0 Å². The van der Waals surface area contributed by atoms with Crippen LogP contribution in [0.4, 0.5) is 9.59 Å². The SMILES string of the molecule is COC1OC(COC(=O)NCCS)C(OC2OC(COC(=O)NCCS)C(C)C(O)C2O)C(O)C1O.II. The summed E-state index contributed by atoms with van der Waals surface area (Å²) in [5.74, 6) is 0.148. The van der Waals surface area contributed by atoms with Crippen LogP contribution in [0.15, 0.2) is 0 Å². The molecule has 0 radical (unpaired) electrons. The molecule has 2 amide bonds. The monoisotopic (exact) mass is 814 g/mol. The van der Waals surface area contributed by atoms with Gasteiger partial charge in [-0.1, -0.05) is 6.92 Å². The predicted molar refractivity (Wildman–Crippen MR) is 157 cm³/mol. The highest BCUT2D eigenvalue weighted by molar-refractivity contribution is 15.0. The molecule has 38 heavy (non-hydrogen) atoms. The second kappa shape index (κ2) is 19.5. The van der Waals surface area contributed by atoms with Crippen LogP contribution in [0.25, 0.3) is 0 Å². The maximum Gasteiger partial charge on any atom is 0.407 e. The van der Waals surface area contributed by atoms with Gasteiger partial charge >= 0.3 is 12.2 Å². The van der Waals surface area contributed by atoms with Gasteiger partial charge in [-0.2, -0.15) is 25.3 Å². The van der Waals surface area contributed by atoms with Crippen molar-refractivity contribution in [1.29, 1.82) is 0 Å². The van der Waals surface area contributed by atoms with Crippen molar-refractivity contribution in [2.45, 2.75) is 62.2 Å². The molecule has 14 nitrogen and oxygen atoms in total. The second-order valence-corrected chi connectivity index (χ2v) is 9.14.